The van der Waals surface area contributed by atoms with E-state index in [2.05, 4.69) is 15.7 Å². The molecule has 1 atom stereocenters. The van der Waals surface area contributed by atoms with E-state index in [0.29, 0.717) is 10.7 Å². The van der Waals surface area contributed by atoms with Gasteiger partial charge in [-0.15, -0.1) is 11.3 Å². The predicted octanol–water partition coefficient (Wildman–Crippen LogP) is 1.24. The van der Waals surface area contributed by atoms with Crippen molar-refractivity contribution in [3.63, 3.8) is 0 Å². The summed E-state index contributed by atoms with van der Waals surface area (Å²) in [6.07, 6.45) is 1.73. The smallest absolute Gasteiger partial charge is 0.261 e. The van der Waals surface area contributed by atoms with Crippen LogP contribution < -0.4 is 10.6 Å². The number of anilines is 1. The van der Waals surface area contributed by atoms with Crippen molar-refractivity contribution < 1.29 is 9.59 Å². The standard InChI is InChI=1S/C12H14N4O2S/c1-8(13-12(18)9-4-3-7-19-9)11(17)14-10-5-6-16(2)15-10/h3-8H,1-2H3,(H,13,18)(H,14,15,17)/t8-/m1/s1. The highest BCUT2D eigenvalue weighted by molar-refractivity contribution is 7.12. The van der Waals surface area contributed by atoms with Crippen molar-refractivity contribution in [2.75, 3.05) is 5.32 Å². The molecule has 2 heterocycles. The van der Waals surface area contributed by atoms with E-state index in [1.165, 1.54) is 11.3 Å². The molecule has 6 nitrogen and oxygen atoms in total. The van der Waals surface area contributed by atoms with Gasteiger partial charge in [-0.2, -0.15) is 5.10 Å². The molecule has 2 rings (SSSR count). The van der Waals surface area contributed by atoms with E-state index >= 15 is 0 Å². The van der Waals surface area contributed by atoms with Crippen LogP contribution in [-0.4, -0.2) is 27.6 Å². The summed E-state index contributed by atoms with van der Waals surface area (Å²) in [5.41, 5.74) is 0. The summed E-state index contributed by atoms with van der Waals surface area (Å²) < 4.78 is 1.59. The van der Waals surface area contributed by atoms with Crippen LogP contribution >= 0.6 is 11.3 Å². The lowest BCUT2D eigenvalue weighted by atomic mass is 10.3. The zero-order chi connectivity index (χ0) is 13.8. The molecule has 7 heteroatoms. The van der Waals surface area contributed by atoms with Gasteiger partial charge < -0.3 is 10.6 Å². The van der Waals surface area contributed by atoms with Gasteiger partial charge in [-0.25, -0.2) is 0 Å². The third-order valence-electron chi connectivity index (χ3n) is 2.45. The molecule has 0 radical (unpaired) electrons. The number of hydrogen-bond donors (Lipinski definition) is 2. The van der Waals surface area contributed by atoms with Crippen molar-refractivity contribution in [3.05, 3.63) is 34.7 Å². The summed E-state index contributed by atoms with van der Waals surface area (Å²) in [6, 6.07) is 4.56. The van der Waals surface area contributed by atoms with Gasteiger partial charge in [-0.05, 0) is 18.4 Å². The molecule has 2 aromatic heterocycles. The van der Waals surface area contributed by atoms with E-state index in [9.17, 15) is 9.59 Å². The lowest BCUT2D eigenvalue weighted by molar-refractivity contribution is -0.117. The molecule has 0 aliphatic rings. The van der Waals surface area contributed by atoms with Gasteiger partial charge >= 0.3 is 0 Å². The quantitative estimate of drug-likeness (QED) is 0.883. The Labute approximate surface area is 114 Å². The normalized spacial score (nSPS) is 11.9. The molecule has 0 bridgehead atoms. The Bertz CT molecular complexity index is 576. The van der Waals surface area contributed by atoms with Crippen LogP contribution in [0.5, 0.6) is 0 Å². The van der Waals surface area contributed by atoms with Gasteiger partial charge in [0.1, 0.15) is 6.04 Å². The minimum absolute atomic E-state index is 0.251. The molecule has 2 amide bonds. The maximum Gasteiger partial charge on any atom is 0.261 e. The molecule has 0 aliphatic heterocycles. The molecule has 0 saturated carbocycles. The average Bonchev–Trinajstić information content (AvgIpc) is 3.00. The number of aryl methyl sites for hydroxylation is 1. The number of carbonyl (C=O) groups excluding carboxylic acids is 2. The number of hydrogen-bond acceptors (Lipinski definition) is 4. The minimum atomic E-state index is -0.628. The topological polar surface area (TPSA) is 76.0 Å². The van der Waals surface area contributed by atoms with Crippen molar-refractivity contribution in [2.45, 2.75) is 13.0 Å². The molecule has 19 heavy (non-hydrogen) atoms. The van der Waals surface area contributed by atoms with Gasteiger partial charge in [-0.1, -0.05) is 6.07 Å². The summed E-state index contributed by atoms with van der Waals surface area (Å²) in [7, 11) is 1.76. The fraction of sp³-hybridized carbons (Fsp3) is 0.250. The van der Waals surface area contributed by atoms with Crippen LogP contribution in [-0.2, 0) is 11.8 Å². The molecule has 2 aromatic rings. The number of rotatable bonds is 4. The Morgan fingerprint density at radius 2 is 2.21 bits per heavy atom. The predicted molar refractivity (Wildman–Crippen MR) is 73.1 cm³/mol. The van der Waals surface area contributed by atoms with E-state index in [1.54, 1.807) is 43.0 Å². The first-order valence-electron chi connectivity index (χ1n) is 5.71. The second-order valence-corrected chi connectivity index (χ2v) is 4.98. The first kappa shape index (κ1) is 13.3. The van der Waals surface area contributed by atoms with Crippen molar-refractivity contribution in [3.8, 4) is 0 Å². The summed E-state index contributed by atoms with van der Waals surface area (Å²) in [5.74, 6) is -0.0907. The van der Waals surface area contributed by atoms with Crippen molar-refractivity contribution >= 4 is 29.0 Å². The molecule has 0 unspecified atom stereocenters. The van der Waals surface area contributed by atoms with E-state index in [1.807, 2.05) is 5.38 Å². The van der Waals surface area contributed by atoms with Gasteiger partial charge in [0.05, 0.1) is 4.88 Å². The third-order valence-corrected chi connectivity index (χ3v) is 3.32. The zero-order valence-corrected chi connectivity index (χ0v) is 11.4. The summed E-state index contributed by atoms with van der Waals surface area (Å²) in [4.78, 5) is 24.2. The van der Waals surface area contributed by atoms with Gasteiger partial charge in [0, 0.05) is 19.3 Å². The average molecular weight is 278 g/mol. The summed E-state index contributed by atoms with van der Waals surface area (Å²) >= 11 is 1.33. The van der Waals surface area contributed by atoms with Gasteiger partial charge in [0.2, 0.25) is 5.91 Å². The number of nitrogens with one attached hydrogen (secondary N) is 2. The van der Waals surface area contributed by atoms with Crippen LogP contribution in [0.3, 0.4) is 0 Å². The second-order valence-electron chi connectivity index (χ2n) is 4.04. The highest BCUT2D eigenvalue weighted by atomic mass is 32.1. The molecule has 0 fully saturated rings. The third kappa shape index (κ3) is 3.41. The van der Waals surface area contributed by atoms with Crippen molar-refractivity contribution in [1.29, 1.82) is 0 Å². The van der Waals surface area contributed by atoms with Crippen molar-refractivity contribution in [2.24, 2.45) is 7.05 Å². The van der Waals surface area contributed by atoms with Crippen molar-refractivity contribution in [1.82, 2.24) is 15.1 Å². The van der Waals surface area contributed by atoms with Gasteiger partial charge in [-0.3, -0.25) is 14.3 Å². The van der Waals surface area contributed by atoms with Crippen LogP contribution in [0.1, 0.15) is 16.6 Å². The molecule has 2 N–H and O–H groups in total. The van der Waals surface area contributed by atoms with E-state index in [0.717, 1.165) is 0 Å². The number of aromatic nitrogens is 2. The molecule has 0 aromatic carbocycles. The molecule has 0 saturated heterocycles. The van der Waals surface area contributed by atoms with Crippen LogP contribution in [0, 0.1) is 0 Å². The van der Waals surface area contributed by atoms with Gasteiger partial charge in [0.15, 0.2) is 5.82 Å². The van der Waals surface area contributed by atoms with E-state index in [4.69, 9.17) is 0 Å². The lowest BCUT2D eigenvalue weighted by Gasteiger charge is -2.12. The van der Waals surface area contributed by atoms with Crippen LogP contribution in [0.25, 0.3) is 0 Å². The lowest BCUT2D eigenvalue weighted by Crippen LogP contribution is -2.41. The minimum Gasteiger partial charge on any atom is -0.340 e. The second kappa shape index (κ2) is 5.66. The highest BCUT2D eigenvalue weighted by Gasteiger charge is 2.17. The molecule has 100 valence electrons. The Balaban J connectivity index is 1.91. The fourth-order valence-corrected chi connectivity index (χ4v) is 2.08. The van der Waals surface area contributed by atoms with Gasteiger partial charge in [0.25, 0.3) is 5.91 Å². The molecular weight excluding hydrogens is 264 g/mol. The number of amides is 2. The number of carbonyl (C=O) groups is 2. The summed E-state index contributed by atoms with van der Waals surface area (Å²) in [6.45, 7) is 1.63. The van der Waals surface area contributed by atoms with E-state index < -0.39 is 6.04 Å². The molecule has 0 spiro atoms. The highest BCUT2D eigenvalue weighted by Crippen LogP contribution is 2.08. The Hall–Kier alpha value is -2.15. The molecular formula is C12H14N4O2S. The van der Waals surface area contributed by atoms with Crippen LogP contribution in [0.2, 0.25) is 0 Å². The van der Waals surface area contributed by atoms with Crippen LogP contribution in [0.15, 0.2) is 29.8 Å². The Morgan fingerprint density at radius 1 is 1.42 bits per heavy atom. The Morgan fingerprint density at radius 3 is 2.79 bits per heavy atom. The maximum atomic E-state index is 11.9. The first-order valence-corrected chi connectivity index (χ1v) is 6.59. The van der Waals surface area contributed by atoms with E-state index in [-0.39, 0.29) is 11.8 Å². The fourth-order valence-electron chi connectivity index (χ4n) is 1.46. The number of thiophene rings is 1. The Kier molecular flexibility index (Phi) is 3.96. The summed E-state index contributed by atoms with van der Waals surface area (Å²) in [5, 5.41) is 11.1. The first-order chi connectivity index (χ1) is 9.06. The maximum absolute atomic E-state index is 11.9. The number of nitrogens with zero attached hydrogens (tertiary/aromatic N) is 2. The SMILES string of the molecule is C[C@@H](NC(=O)c1cccs1)C(=O)Nc1ccn(C)n1. The largest absolute Gasteiger partial charge is 0.340 e. The van der Waals surface area contributed by atoms with Crippen LogP contribution in [0.4, 0.5) is 5.82 Å². The monoisotopic (exact) mass is 278 g/mol. The molecule has 0 aliphatic carbocycles. The zero-order valence-electron chi connectivity index (χ0n) is 10.6.